The first-order valence-corrected chi connectivity index (χ1v) is 5.08. The fourth-order valence-corrected chi connectivity index (χ4v) is 1.91. The number of rotatable bonds is 1. The zero-order valence-corrected chi connectivity index (χ0v) is 8.95. The molecule has 0 unspecified atom stereocenters. The molecule has 0 aliphatic carbocycles. The third-order valence-corrected chi connectivity index (χ3v) is 2.70. The van der Waals surface area contributed by atoms with E-state index in [9.17, 15) is 14.4 Å². The lowest BCUT2D eigenvalue weighted by Crippen LogP contribution is -2.25. The van der Waals surface area contributed by atoms with Crippen molar-refractivity contribution in [2.24, 2.45) is 0 Å². The largest absolute Gasteiger partial charge is 0.477 e. The summed E-state index contributed by atoms with van der Waals surface area (Å²) in [5.41, 5.74) is -0.841. The molecular formula is C11H7N3O4. The number of hydrogen-bond acceptors (Lipinski definition) is 3. The van der Waals surface area contributed by atoms with E-state index in [4.69, 9.17) is 5.11 Å². The van der Waals surface area contributed by atoms with Gasteiger partial charge in [-0.25, -0.2) is 18.6 Å². The number of nitrogens with zero attached hydrogens (tertiary/aromatic N) is 2. The zero-order valence-electron chi connectivity index (χ0n) is 8.95. The van der Waals surface area contributed by atoms with Crippen LogP contribution in [0.2, 0.25) is 0 Å². The molecule has 0 saturated carbocycles. The molecule has 0 fully saturated rings. The number of aromatic carboxylic acids is 1. The third kappa shape index (κ3) is 1.21. The summed E-state index contributed by atoms with van der Waals surface area (Å²) in [4.78, 5) is 37.1. The van der Waals surface area contributed by atoms with Crippen LogP contribution in [0.1, 0.15) is 10.4 Å². The number of para-hydroxylation sites is 2. The van der Waals surface area contributed by atoms with E-state index in [1.165, 1.54) is 0 Å². The predicted octanol–water partition coefficient (Wildman–Crippen LogP) is -0.0613. The highest BCUT2D eigenvalue weighted by molar-refractivity contribution is 5.87. The van der Waals surface area contributed by atoms with Crippen molar-refractivity contribution in [3.8, 4) is 0 Å². The summed E-state index contributed by atoms with van der Waals surface area (Å²) in [5.74, 6) is -1.36. The first-order chi connectivity index (χ1) is 8.59. The van der Waals surface area contributed by atoms with Crippen LogP contribution in [0.25, 0.3) is 11.0 Å². The number of carbonyl (C=O) groups is 1. The molecule has 18 heavy (non-hydrogen) atoms. The first-order valence-electron chi connectivity index (χ1n) is 5.08. The van der Waals surface area contributed by atoms with Crippen molar-refractivity contribution in [3.63, 3.8) is 0 Å². The molecule has 2 N–H and O–H groups in total. The monoisotopic (exact) mass is 245 g/mol. The minimum absolute atomic E-state index is 0.439. The lowest BCUT2D eigenvalue weighted by atomic mass is 10.3. The van der Waals surface area contributed by atoms with E-state index in [0.717, 1.165) is 15.2 Å². The van der Waals surface area contributed by atoms with Gasteiger partial charge in [-0.15, -0.1) is 0 Å². The van der Waals surface area contributed by atoms with Gasteiger partial charge >= 0.3 is 11.7 Å². The molecule has 0 aliphatic rings. The number of fused-ring (bicyclic) bond motifs is 3. The molecule has 1 aromatic carbocycles. The maximum atomic E-state index is 11.9. The normalized spacial score (nSPS) is 11.1. The average Bonchev–Trinajstić information content (AvgIpc) is 2.69. The van der Waals surface area contributed by atoms with Crippen LogP contribution in [0.5, 0.6) is 0 Å². The van der Waals surface area contributed by atoms with Gasteiger partial charge in [-0.1, -0.05) is 12.1 Å². The van der Waals surface area contributed by atoms with Crippen LogP contribution >= 0.6 is 0 Å². The quantitative estimate of drug-likeness (QED) is 0.627. The Morgan fingerprint density at radius 3 is 2.67 bits per heavy atom. The van der Waals surface area contributed by atoms with Crippen molar-refractivity contribution in [1.82, 2.24) is 14.0 Å². The summed E-state index contributed by atoms with van der Waals surface area (Å²) in [6, 6.07) is 6.66. The van der Waals surface area contributed by atoms with Crippen molar-refractivity contribution < 1.29 is 9.90 Å². The molecule has 7 heteroatoms. The Bertz CT molecular complexity index is 900. The lowest BCUT2D eigenvalue weighted by Gasteiger charge is -2.01. The Morgan fingerprint density at radius 1 is 1.22 bits per heavy atom. The van der Waals surface area contributed by atoms with Crippen molar-refractivity contribution in [3.05, 3.63) is 56.9 Å². The van der Waals surface area contributed by atoms with Gasteiger partial charge < -0.3 is 10.1 Å². The van der Waals surface area contributed by atoms with E-state index >= 15 is 0 Å². The van der Waals surface area contributed by atoms with Crippen LogP contribution in [-0.2, 0) is 0 Å². The second-order valence-electron chi connectivity index (χ2n) is 3.76. The van der Waals surface area contributed by atoms with E-state index in [1.807, 2.05) is 0 Å². The molecule has 0 radical (unpaired) electrons. The number of hydrogen-bond donors (Lipinski definition) is 2. The highest BCUT2D eigenvalue weighted by Crippen LogP contribution is 2.07. The Balaban J connectivity index is 2.68. The molecule has 90 valence electrons. The first kappa shape index (κ1) is 10.3. The Hall–Kier alpha value is -2.83. The minimum atomic E-state index is -1.36. The summed E-state index contributed by atoms with van der Waals surface area (Å²) < 4.78 is 1.99. The minimum Gasteiger partial charge on any atom is -0.477 e. The van der Waals surface area contributed by atoms with Gasteiger partial charge in [0.05, 0.1) is 17.2 Å². The molecule has 7 nitrogen and oxygen atoms in total. The standard InChI is InChI=1S/C11H7N3O4/c15-9-6(10(16)17)5-13-11(18)12-7-3-1-2-4-8(7)14(9)13/h1-5H,(H,12,18)(H,16,17). The molecule has 3 aromatic rings. The van der Waals surface area contributed by atoms with Gasteiger partial charge in [0.25, 0.3) is 5.56 Å². The Labute approximate surface area is 98.5 Å². The topological polar surface area (TPSA) is 96.0 Å². The molecule has 3 rings (SSSR count). The molecule has 0 aliphatic heterocycles. The van der Waals surface area contributed by atoms with E-state index in [-0.39, 0.29) is 0 Å². The van der Waals surface area contributed by atoms with Crippen molar-refractivity contribution in [1.29, 1.82) is 0 Å². The highest BCUT2D eigenvalue weighted by Gasteiger charge is 2.16. The van der Waals surface area contributed by atoms with Gasteiger partial charge in [0, 0.05) is 0 Å². The number of aromatic amines is 1. The molecule has 0 bridgehead atoms. The maximum Gasteiger partial charge on any atom is 0.345 e. The molecule has 0 spiro atoms. The van der Waals surface area contributed by atoms with E-state index < -0.39 is 22.8 Å². The molecular weight excluding hydrogens is 238 g/mol. The van der Waals surface area contributed by atoms with Gasteiger partial charge in [0.15, 0.2) is 0 Å². The van der Waals surface area contributed by atoms with Crippen LogP contribution in [-0.4, -0.2) is 25.1 Å². The second-order valence-corrected chi connectivity index (χ2v) is 3.76. The second kappa shape index (κ2) is 3.33. The molecule has 2 heterocycles. The van der Waals surface area contributed by atoms with Crippen LogP contribution in [0.4, 0.5) is 0 Å². The van der Waals surface area contributed by atoms with Gasteiger partial charge in [-0.3, -0.25) is 4.79 Å². The lowest BCUT2D eigenvalue weighted by molar-refractivity contribution is 0.0695. The number of aromatic nitrogens is 3. The van der Waals surface area contributed by atoms with Crippen molar-refractivity contribution in [2.75, 3.05) is 0 Å². The highest BCUT2D eigenvalue weighted by atomic mass is 16.4. The zero-order chi connectivity index (χ0) is 12.9. The van der Waals surface area contributed by atoms with Gasteiger partial charge in [0.1, 0.15) is 5.56 Å². The summed E-state index contributed by atoms with van der Waals surface area (Å²) in [6.45, 7) is 0. The van der Waals surface area contributed by atoms with Crippen molar-refractivity contribution >= 4 is 17.0 Å². The average molecular weight is 245 g/mol. The van der Waals surface area contributed by atoms with Crippen LogP contribution in [0.15, 0.2) is 40.1 Å². The summed E-state index contributed by atoms with van der Waals surface area (Å²) in [5, 5.41) is 8.89. The maximum absolute atomic E-state index is 11.9. The number of nitrogens with one attached hydrogen (secondary N) is 1. The van der Waals surface area contributed by atoms with Crippen LogP contribution in [0, 0.1) is 0 Å². The predicted molar refractivity (Wildman–Crippen MR) is 62.2 cm³/mol. The Morgan fingerprint density at radius 2 is 1.94 bits per heavy atom. The van der Waals surface area contributed by atoms with Gasteiger partial charge in [-0.2, -0.15) is 0 Å². The van der Waals surface area contributed by atoms with Crippen LogP contribution < -0.4 is 11.2 Å². The van der Waals surface area contributed by atoms with Gasteiger partial charge in [-0.05, 0) is 12.1 Å². The summed E-state index contributed by atoms with van der Waals surface area (Å²) in [7, 11) is 0. The number of H-pyrrole nitrogens is 1. The molecule has 0 amide bonds. The third-order valence-electron chi connectivity index (χ3n) is 2.70. The van der Waals surface area contributed by atoms with E-state index in [0.29, 0.717) is 11.0 Å². The smallest absolute Gasteiger partial charge is 0.345 e. The number of carboxylic acid groups (broad SMARTS) is 1. The van der Waals surface area contributed by atoms with E-state index in [2.05, 4.69) is 4.98 Å². The fourth-order valence-electron chi connectivity index (χ4n) is 1.91. The molecule has 0 atom stereocenters. The summed E-state index contributed by atoms with van der Waals surface area (Å²) in [6.07, 6.45) is 1.01. The van der Waals surface area contributed by atoms with Crippen molar-refractivity contribution in [2.45, 2.75) is 0 Å². The fraction of sp³-hybridized carbons (Fsp3) is 0. The summed E-state index contributed by atoms with van der Waals surface area (Å²) >= 11 is 0. The molecule has 2 aromatic heterocycles. The number of benzene rings is 1. The molecule has 0 saturated heterocycles. The SMILES string of the molecule is O=C(O)c1cn2c(=O)[nH]c3ccccc3n2c1=O. The number of carboxylic acids is 1. The van der Waals surface area contributed by atoms with Crippen LogP contribution in [0.3, 0.4) is 0 Å². The van der Waals surface area contributed by atoms with Gasteiger partial charge in [0.2, 0.25) is 0 Å². The van der Waals surface area contributed by atoms with E-state index in [1.54, 1.807) is 24.3 Å². The Kier molecular flexibility index (Phi) is 1.91.